The fourth-order valence-corrected chi connectivity index (χ4v) is 2.69. The van der Waals surface area contributed by atoms with Crippen LogP contribution in [0.1, 0.15) is 31.4 Å². The van der Waals surface area contributed by atoms with Gasteiger partial charge in [-0.1, -0.05) is 6.92 Å². The molecular formula is C14H21N3O4. The number of carboxylic acid groups (broad SMARTS) is 1. The second kappa shape index (κ2) is 6.71. The van der Waals surface area contributed by atoms with Crippen molar-refractivity contribution >= 4 is 11.9 Å². The Bertz CT molecular complexity index is 514. The molecule has 2 atom stereocenters. The van der Waals surface area contributed by atoms with Crippen molar-refractivity contribution in [2.45, 2.75) is 25.9 Å². The van der Waals surface area contributed by atoms with Crippen LogP contribution in [0.5, 0.6) is 0 Å². The molecule has 0 unspecified atom stereocenters. The van der Waals surface area contributed by atoms with Crippen LogP contribution in [0.15, 0.2) is 12.4 Å². The van der Waals surface area contributed by atoms with E-state index in [1.54, 1.807) is 10.9 Å². The Kier molecular flexibility index (Phi) is 4.95. The predicted octanol–water partition coefficient (Wildman–Crippen LogP) is 0.821. The smallest absolute Gasteiger partial charge is 0.323 e. The van der Waals surface area contributed by atoms with Crippen LogP contribution in [0.2, 0.25) is 0 Å². The van der Waals surface area contributed by atoms with Gasteiger partial charge in [-0.05, 0) is 12.8 Å². The van der Waals surface area contributed by atoms with Crippen molar-refractivity contribution in [1.29, 1.82) is 0 Å². The number of aryl methyl sites for hydroxylation is 1. The molecule has 0 bridgehead atoms. The Morgan fingerprint density at radius 1 is 1.57 bits per heavy atom. The lowest BCUT2D eigenvalue weighted by Gasteiger charge is -2.25. The fourth-order valence-electron chi connectivity index (χ4n) is 2.69. The quantitative estimate of drug-likeness (QED) is 0.840. The van der Waals surface area contributed by atoms with Crippen molar-refractivity contribution in [3.63, 3.8) is 0 Å². The van der Waals surface area contributed by atoms with Crippen molar-refractivity contribution in [2.75, 3.05) is 19.7 Å². The summed E-state index contributed by atoms with van der Waals surface area (Å²) in [5.41, 5.74) is 0.861. The van der Waals surface area contributed by atoms with Gasteiger partial charge in [-0.3, -0.25) is 14.3 Å². The van der Waals surface area contributed by atoms with E-state index in [1.807, 2.05) is 20.2 Å². The summed E-state index contributed by atoms with van der Waals surface area (Å²) in [6.07, 6.45) is 4.52. The van der Waals surface area contributed by atoms with Crippen LogP contribution in [-0.2, 0) is 21.4 Å². The maximum absolute atomic E-state index is 12.6. The molecule has 116 valence electrons. The number of rotatable bonds is 6. The first-order chi connectivity index (χ1) is 10.0. The van der Waals surface area contributed by atoms with Crippen LogP contribution in [-0.4, -0.2) is 51.4 Å². The normalized spacial score (nSPS) is 21.4. The van der Waals surface area contributed by atoms with E-state index >= 15 is 0 Å². The summed E-state index contributed by atoms with van der Waals surface area (Å²) >= 11 is 0. The van der Waals surface area contributed by atoms with E-state index in [0.717, 1.165) is 12.0 Å². The number of ether oxygens (including phenoxy) is 1. The third-order valence-electron chi connectivity index (χ3n) is 3.59. The van der Waals surface area contributed by atoms with Gasteiger partial charge in [0.05, 0.1) is 18.2 Å². The molecule has 0 saturated carbocycles. The van der Waals surface area contributed by atoms with Crippen molar-refractivity contribution in [2.24, 2.45) is 13.0 Å². The number of aliphatic carboxylic acids is 1. The first-order valence-electron chi connectivity index (χ1n) is 7.13. The number of carbonyl (C=O) groups is 2. The van der Waals surface area contributed by atoms with E-state index < -0.39 is 5.97 Å². The van der Waals surface area contributed by atoms with Gasteiger partial charge >= 0.3 is 5.97 Å². The van der Waals surface area contributed by atoms with Crippen LogP contribution < -0.4 is 0 Å². The lowest BCUT2D eigenvalue weighted by atomic mass is 9.95. The molecule has 1 aromatic heterocycles. The minimum Gasteiger partial charge on any atom is -0.480 e. The molecule has 1 aliphatic heterocycles. The van der Waals surface area contributed by atoms with Crippen LogP contribution in [0.25, 0.3) is 0 Å². The second-order valence-electron chi connectivity index (χ2n) is 5.29. The summed E-state index contributed by atoms with van der Waals surface area (Å²) in [5.74, 6) is -1.47. The van der Waals surface area contributed by atoms with E-state index in [9.17, 15) is 9.59 Å². The zero-order chi connectivity index (χ0) is 15.4. The summed E-state index contributed by atoms with van der Waals surface area (Å²) in [6, 6.07) is 0. The molecule has 21 heavy (non-hydrogen) atoms. The monoisotopic (exact) mass is 295 g/mol. The Hall–Kier alpha value is -1.89. The lowest BCUT2D eigenvalue weighted by molar-refractivity contribution is -0.147. The summed E-state index contributed by atoms with van der Waals surface area (Å²) in [7, 11) is 1.81. The summed E-state index contributed by atoms with van der Waals surface area (Å²) in [6.45, 7) is 2.61. The number of hydrogen-bond donors (Lipinski definition) is 1. The third kappa shape index (κ3) is 3.60. The zero-order valence-electron chi connectivity index (χ0n) is 12.4. The van der Waals surface area contributed by atoms with Gasteiger partial charge in [0, 0.05) is 32.0 Å². The van der Waals surface area contributed by atoms with Crippen LogP contribution in [0.3, 0.4) is 0 Å². The second-order valence-corrected chi connectivity index (χ2v) is 5.29. The highest BCUT2D eigenvalue weighted by Crippen LogP contribution is 2.35. The average molecular weight is 295 g/mol. The predicted molar refractivity (Wildman–Crippen MR) is 74.5 cm³/mol. The molecule has 1 fully saturated rings. The maximum atomic E-state index is 12.6. The van der Waals surface area contributed by atoms with Gasteiger partial charge in [0.2, 0.25) is 5.91 Å². The van der Waals surface area contributed by atoms with Crippen molar-refractivity contribution < 1.29 is 19.4 Å². The first-order valence-corrected chi connectivity index (χ1v) is 7.13. The SMILES string of the molecule is CCCN(CC(=O)O)C(=O)[C@H]1CCO[C@@H]1c1cnn(C)c1. The largest absolute Gasteiger partial charge is 0.480 e. The highest BCUT2D eigenvalue weighted by molar-refractivity contribution is 5.83. The number of nitrogens with zero attached hydrogens (tertiary/aromatic N) is 3. The number of aromatic nitrogens is 2. The topological polar surface area (TPSA) is 84.7 Å². The molecule has 0 radical (unpaired) electrons. The number of carbonyl (C=O) groups excluding carboxylic acids is 1. The summed E-state index contributed by atoms with van der Waals surface area (Å²) in [4.78, 5) is 24.9. The number of amides is 1. The van der Waals surface area contributed by atoms with E-state index in [-0.39, 0.29) is 24.5 Å². The first kappa shape index (κ1) is 15.5. The molecule has 7 heteroatoms. The van der Waals surface area contributed by atoms with Gasteiger partial charge in [0.25, 0.3) is 0 Å². The van der Waals surface area contributed by atoms with E-state index in [2.05, 4.69) is 5.10 Å². The molecular weight excluding hydrogens is 274 g/mol. The van der Waals surface area contributed by atoms with E-state index in [1.165, 1.54) is 4.90 Å². The molecule has 1 N–H and O–H groups in total. The Morgan fingerprint density at radius 2 is 2.33 bits per heavy atom. The number of hydrogen-bond acceptors (Lipinski definition) is 4. The molecule has 1 amide bonds. The summed E-state index contributed by atoms with van der Waals surface area (Å²) in [5, 5.41) is 13.1. The fraction of sp³-hybridized carbons (Fsp3) is 0.643. The van der Waals surface area contributed by atoms with Gasteiger partial charge in [-0.25, -0.2) is 0 Å². The molecule has 2 heterocycles. The molecule has 0 aromatic carbocycles. The number of carboxylic acids is 1. The van der Waals surface area contributed by atoms with Gasteiger partial charge in [-0.2, -0.15) is 5.10 Å². The van der Waals surface area contributed by atoms with Crippen molar-refractivity contribution in [1.82, 2.24) is 14.7 Å². The van der Waals surface area contributed by atoms with E-state index in [0.29, 0.717) is 19.6 Å². The maximum Gasteiger partial charge on any atom is 0.323 e. The standard InChI is InChI=1S/C14H21N3O4/c1-3-5-17(9-12(18)19)14(20)11-4-6-21-13(11)10-7-15-16(2)8-10/h7-8,11,13H,3-6,9H2,1-2H3,(H,18,19)/t11-,13+/m0/s1. The van der Waals surface area contributed by atoms with Crippen LogP contribution >= 0.6 is 0 Å². The molecule has 1 aromatic rings. The van der Waals surface area contributed by atoms with Gasteiger partial charge in [0.15, 0.2) is 0 Å². The van der Waals surface area contributed by atoms with Crippen molar-refractivity contribution in [3.05, 3.63) is 18.0 Å². The highest BCUT2D eigenvalue weighted by Gasteiger charge is 2.38. The lowest BCUT2D eigenvalue weighted by Crippen LogP contribution is -2.41. The molecule has 0 aliphatic carbocycles. The molecule has 0 spiro atoms. The highest BCUT2D eigenvalue weighted by atomic mass is 16.5. The van der Waals surface area contributed by atoms with Crippen LogP contribution in [0, 0.1) is 5.92 Å². The minimum absolute atomic E-state index is 0.148. The minimum atomic E-state index is -0.992. The summed E-state index contributed by atoms with van der Waals surface area (Å²) < 4.78 is 7.34. The zero-order valence-corrected chi connectivity index (χ0v) is 12.4. The molecule has 1 aliphatic rings. The van der Waals surface area contributed by atoms with Crippen LogP contribution in [0.4, 0.5) is 0 Å². The molecule has 1 saturated heterocycles. The molecule has 7 nitrogen and oxygen atoms in total. The van der Waals surface area contributed by atoms with Crippen molar-refractivity contribution in [3.8, 4) is 0 Å². The Morgan fingerprint density at radius 3 is 2.90 bits per heavy atom. The van der Waals surface area contributed by atoms with Gasteiger partial charge in [-0.15, -0.1) is 0 Å². The van der Waals surface area contributed by atoms with E-state index in [4.69, 9.17) is 9.84 Å². The van der Waals surface area contributed by atoms with Gasteiger partial charge < -0.3 is 14.7 Å². The molecule has 2 rings (SSSR count). The Labute approximate surface area is 123 Å². The Balaban J connectivity index is 2.13. The third-order valence-corrected chi connectivity index (χ3v) is 3.59. The van der Waals surface area contributed by atoms with Gasteiger partial charge in [0.1, 0.15) is 6.54 Å². The average Bonchev–Trinajstić information content (AvgIpc) is 3.05.